The number of benzene rings is 1. The average Bonchev–Trinajstić information content (AvgIpc) is 3.12. The van der Waals surface area contributed by atoms with Gasteiger partial charge in [-0.05, 0) is 0 Å². The molecule has 0 bridgehead atoms. The first-order valence-electron chi connectivity index (χ1n) is 9.56. The van der Waals surface area contributed by atoms with Gasteiger partial charge in [0.1, 0.15) is 0 Å². The molecule has 32 heavy (non-hydrogen) atoms. The second-order valence-corrected chi connectivity index (χ2v) is 12.8. The van der Waals surface area contributed by atoms with Crippen molar-refractivity contribution in [1.29, 1.82) is 0 Å². The number of nitrogens with one attached hydrogen (secondary N) is 2. The quantitative estimate of drug-likeness (QED) is 0.370. The number of carbonyl (C=O) groups excluding carboxylic acids is 1. The van der Waals surface area contributed by atoms with Gasteiger partial charge in [0.05, 0.1) is 0 Å². The number of nitrogens with zero attached hydrogens (tertiary/aromatic N) is 2. The van der Waals surface area contributed by atoms with E-state index in [-0.39, 0.29) is 11.4 Å². The molecule has 2 aromatic heterocycles. The van der Waals surface area contributed by atoms with Crippen LogP contribution in [0.2, 0.25) is 0 Å². The third-order valence-corrected chi connectivity index (χ3v) is 9.36. The van der Waals surface area contributed by atoms with Gasteiger partial charge in [0, 0.05) is 13.1 Å². The minimum absolute atomic E-state index is 0.0917. The summed E-state index contributed by atoms with van der Waals surface area (Å²) < 4.78 is 52.7. The van der Waals surface area contributed by atoms with Gasteiger partial charge in [-0.1, -0.05) is 0 Å². The van der Waals surface area contributed by atoms with Crippen molar-refractivity contribution >= 4 is 80.9 Å². The maximum absolute atomic E-state index is 13.7. The number of rotatable bonds is 6. The van der Waals surface area contributed by atoms with Gasteiger partial charge in [0.15, 0.2) is 0 Å². The Balaban J connectivity index is 1.63. The molecule has 12 heteroatoms. The van der Waals surface area contributed by atoms with E-state index < -0.39 is 17.6 Å². The second kappa shape index (κ2) is 10.0. The number of hydrogen-bond acceptors (Lipinski definition) is 6. The van der Waals surface area contributed by atoms with Gasteiger partial charge in [-0.15, -0.1) is 0 Å². The molecule has 0 saturated carbocycles. The number of hydrogen-bond donors (Lipinski definition) is 2. The van der Waals surface area contributed by atoms with E-state index in [1.807, 2.05) is 18.2 Å². The summed E-state index contributed by atoms with van der Waals surface area (Å²) in [4.78, 5) is 17.1. The fourth-order valence-electron chi connectivity index (χ4n) is 3.13. The number of alkyl halides is 3. The molecule has 0 unspecified atom stereocenters. The molecule has 1 aliphatic heterocycles. The third kappa shape index (κ3) is 5.33. The van der Waals surface area contributed by atoms with Crippen LogP contribution in [0, 0.1) is 5.92 Å². The Labute approximate surface area is 217 Å². The molecule has 0 spiro atoms. The SMILES string of the molecule is O=C(Nc1cnsc1OCC1CNC1)c1ccc(C(F)(F)F)c(-c2[c]([Tl])ccc[c]2[Tl])n1. The van der Waals surface area contributed by atoms with Crippen molar-refractivity contribution in [2.45, 2.75) is 6.18 Å². The van der Waals surface area contributed by atoms with Gasteiger partial charge >= 0.3 is 201 Å². The predicted molar refractivity (Wildman–Crippen MR) is 117 cm³/mol. The molecule has 3 heterocycles. The van der Waals surface area contributed by atoms with Crippen molar-refractivity contribution in [2.75, 3.05) is 25.0 Å². The molecule has 0 radical (unpaired) electrons. The molecule has 1 saturated heterocycles. The van der Waals surface area contributed by atoms with E-state index in [1.165, 1.54) is 6.20 Å². The first-order chi connectivity index (χ1) is 15.2. The first kappa shape index (κ1) is 24.0. The summed E-state index contributed by atoms with van der Waals surface area (Å²) in [6, 6.07) is 7.53. The summed E-state index contributed by atoms with van der Waals surface area (Å²) in [6.45, 7) is 2.26. The number of aromatic nitrogens is 2. The van der Waals surface area contributed by atoms with Crippen LogP contribution in [0.5, 0.6) is 5.06 Å². The van der Waals surface area contributed by atoms with E-state index in [4.69, 9.17) is 4.74 Å². The molecule has 160 valence electrons. The Bertz CT molecular complexity index is 1130. The molecule has 1 aromatic carbocycles. The van der Waals surface area contributed by atoms with Gasteiger partial charge < -0.3 is 5.32 Å². The Hall–Kier alpha value is -1.14. The Morgan fingerprint density at radius 1 is 1.22 bits per heavy atom. The molecule has 0 atom stereocenters. The summed E-state index contributed by atoms with van der Waals surface area (Å²) in [5, 5.41) is 6.30. The van der Waals surface area contributed by atoms with Crippen LogP contribution in [0.4, 0.5) is 18.9 Å². The zero-order chi connectivity index (χ0) is 22.9. The van der Waals surface area contributed by atoms with Crippen LogP contribution in [0.25, 0.3) is 11.3 Å². The molecule has 6 nitrogen and oxygen atoms in total. The summed E-state index contributed by atoms with van der Waals surface area (Å²) in [6.07, 6.45) is -3.11. The number of amides is 1. The van der Waals surface area contributed by atoms with Gasteiger partial charge in [0.25, 0.3) is 0 Å². The monoisotopic (exact) mass is 842 g/mol. The Morgan fingerprint density at radius 3 is 2.56 bits per heavy atom. The van der Waals surface area contributed by atoms with Crippen molar-refractivity contribution in [3.05, 3.63) is 47.8 Å². The van der Waals surface area contributed by atoms with Crippen molar-refractivity contribution in [1.82, 2.24) is 14.7 Å². The fourth-order valence-corrected chi connectivity index (χ4v) is 9.45. The predicted octanol–water partition coefficient (Wildman–Crippen LogP) is 1.66. The zero-order valence-corrected chi connectivity index (χ0v) is 26.4. The second-order valence-electron chi connectivity index (χ2n) is 7.22. The van der Waals surface area contributed by atoms with E-state index in [9.17, 15) is 18.0 Å². The van der Waals surface area contributed by atoms with Gasteiger partial charge in [-0.2, -0.15) is 0 Å². The molecule has 4 rings (SSSR count). The topological polar surface area (TPSA) is 76.1 Å². The van der Waals surface area contributed by atoms with Crippen LogP contribution >= 0.6 is 11.5 Å². The van der Waals surface area contributed by atoms with Crippen molar-refractivity contribution in [2.24, 2.45) is 5.92 Å². The van der Waals surface area contributed by atoms with Crippen LogP contribution in [-0.2, 0) is 6.18 Å². The third-order valence-electron chi connectivity index (χ3n) is 4.90. The van der Waals surface area contributed by atoms with E-state index >= 15 is 0 Å². The van der Waals surface area contributed by atoms with E-state index in [1.54, 1.807) is 0 Å². The average molecular weight is 841 g/mol. The number of pyridine rings is 1. The molecule has 3 aromatic rings. The van der Waals surface area contributed by atoms with Crippen molar-refractivity contribution in [3.8, 4) is 16.3 Å². The van der Waals surface area contributed by atoms with Crippen LogP contribution in [-0.4, -0.2) is 86.5 Å². The molecule has 0 aliphatic carbocycles. The zero-order valence-electron chi connectivity index (χ0n) is 16.6. The molecular weight excluding hydrogens is 826 g/mol. The van der Waals surface area contributed by atoms with Crippen LogP contribution in [0.1, 0.15) is 16.1 Å². The minimum atomic E-state index is -4.57. The van der Waals surface area contributed by atoms with E-state index in [0.717, 1.165) is 43.0 Å². The van der Waals surface area contributed by atoms with Crippen LogP contribution in [0.15, 0.2) is 36.5 Å². The molecule has 2 N–H and O–H groups in total. The van der Waals surface area contributed by atoms with Crippen molar-refractivity contribution < 1.29 is 22.7 Å². The summed E-state index contributed by atoms with van der Waals surface area (Å²) in [5.41, 5.74) is -0.214. The fraction of sp³-hybridized carbons (Fsp3) is 0.250. The first-order valence-corrected chi connectivity index (χ1v) is 14.8. The molecule has 1 aliphatic rings. The van der Waals surface area contributed by atoms with Crippen molar-refractivity contribution in [3.63, 3.8) is 0 Å². The summed E-state index contributed by atoms with van der Waals surface area (Å²) >= 11 is 1.77. The van der Waals surface area contributed by atoms with Crippen LogP contribution < -0.4 is 21.6 Å². The molecular formula is C20H15F3N4O2STl2. The maximum atomic E-state index is 13.7. The van der Waals surface area contributed by atoms with Gasteiger partial charge in [-0.3, -0.25) is 0 Å². The van der Waals surface area contributed by atoms with Crippen LogP contribution in [0.3, 0.4) is 0 Å². The molecule has 1 fully saturated rings. The summed E-state index contributed by atoms with van der Waals surface area (Å²) in [5.74, 6) is -0.202. The number of halogens is 3. The van der Waals surface area contributed by atoms with Gasteiger partial charge in [0.2, 0.25) is 0 Å². The van der Waals surface area contributed by atoms with Gasteiger partial charge in [-0.25, -0.2) is 0 Å². The number of ether oxygens (including phenoxy) is 1. The Kier molecular flexibility index (Phi) is 7.51. The van der Waals surface area contributed by atoms with E-state index in [0.29, 0.717) is 80.4 Å². The molecule has 1 amide bonds. The Morgan fingerprint density at radius 2 is 1.94 bits per heavy atom. The number of anilines is 1. The van der Waals surface area contributed by atoms with E-state index in [2.05, 4.69) is 20.0 Å². The standard InChI is InChI=1S/C20H15F3N4O2S.2Tl/c21-20(22,23)14-6-7-15(26-17(14)13-4-2-1-3-5-13)18(28)27-16-10-25-30-19(16)29-11-12-8-24-9-12;;/h1-3,6-7,10,12,24H,8-9,11H2,(H,27,28);;. The summed E-state index contributed by atoms with van der Waals surface area (Å²) in [7, 11) is 0. The normalized spacial score (nSPS) is 14.0. The number of carbonyl (C=O) groups is 1.